The van der Waals surface area contributed by atoms with Crippen molar-refractivity contribution in [1.29, 1.82) is 0 Å². The van der Waals surface area contributed by atoms with Crippen molar-refractivity contribution in [3.63, 3.8) is 0 Å². The van der Waals surface area contributed by atoms with E-state index in [2.05, 4.69) is 25.1 Å². The highest BCUT2D eigenvalue weighted by Gasteiger charge is 2.32. The number of β-amino-alcohol motifs (C(OH)–C–C–N with tert-alkyl or cyclic N) is 1. The first-order valence-corrected chi connectivity index (χ1v) is 6.75. The number of nitrogens with zero attached hydrogens (tertiary/aromatic N) is 4. The smallest absolute Gasteiger partial charge is 0.134 e. The molecule has 1 aliphatic heterocycles. The highest BCUT2D eigenvalue weighted by Crippen LogP contribution is 2.25. The van der Waals surface area contributed by atoms with Gasteiger partial charge in [-0.05, 0) is 27.4 Å². The minimum absolute atomic E-state index is 0.275. The SMILES string of the molecule is CCNc1cc(N2CC(O)CC2CN(C)C)ncn1. The number of anilines is 2. The number of hydrogen-bond donors (Lipinski definition) is 2. The summed E-state index contributed by atoms with van der Waals surface area (Å²) in [7, 11) is 4.10. The summed E-state index contributed by atoms with van der Waals surface area (Å²) in [6.07, 6.45) is 2.09. The maximum atomic E-state index is 9.90. The molecule has 6 nitrogen and oxygen atoms in total. The highest BCUT2D eigenvalue weighted by atomic mass is 16.3. The monoisotopic (exact) mass is 265 g/mol. The summed E-state index contributed by atoms with van der Waals surface area (Å²) in [6.45, 7) is 4.43. The van der Waals surface area contributed by atoms with Crippen molar-refractivity contribution in [2.24, 2.45) is 0 Å². The van der Waals surface area contributed by atoms with Gasteiger partial charge in [0, 0.05) is 31.7 Å². The minimum atomic E-state index is -0.275. The number of hydrogen-bond acceptors (Lipinski definition) is 6. The predicted molar refractivity (Wildman–Crippen MR) is 76.5 cm³/mol. The first-order valence-electron chi connectivity index (χ1n) is 6.75. The Balaban J connectivity index is 2.16. The minimum Gasteiger partial charge on any atom is -0.391 e. The van der Waals surface area contributed by atoms with Gasteiger partial charge in [0.15, 0.2) is 0 Å². The van der Waals surface area contributed by atoms with Gasteiger partial charge in [-0.3, -0.25) is 0 Å². The van der Waals surface area contributed by atoms with E-state index >= 15 is 0 Å². The summed E-state index contributed by atoms with van der Waals surface area (Å²) < 4.78 is 0. The number of likely N-dealkylation sites (N-methyl/N-ethyl adjacent to an activating group) is 1. The molecule has 1 saturated heterocycles. The van der Waals surface area contributed by atoms with Crippen molar-refractivity contribution < 1.29 is 5.11 Å². The van der Waals surface area contributed by atoms with Crippen LogP contribution in [-0.4, -0.2) is 65.8 Å². The Morgan fingerprint density at radius 1 is 1.47 bits per heavy atom. The first kappa shape index (κ1) is 14.0. The fraction of sp³-hybridized carbons (Fsp3) is 0.692. The largest absolute Gasteiger partial charge is 0.391 e. The summed E-state index contributed by atoms with van der Waals surface area (Å²) in [5.74, 6) is 1.71. The second-order valence-electron chi connectivity index (χ2n) is 5.25. The zero-order valence-corrected chi connectivity index (χ0v) is 11.9. The van der Waals surface area contributed by atoms with Gasteiger partial charge in [0.25, 0.3) is 0 Å². The molecule has 0 bridgehead atoms. The van der Waals surface area contributed by atoms with E-state index in [4.69, 9.17) is 0 Å². The molecule has 1 fully saturated rings. The third-order valence-corrected chi connectivity index (χ3v) is 3.27. The third-order valence-electron chi connectivity index (χ3n) is 3.27. The first-order chi connectivity index (χ1) is 9.10. The van der Waals surface area contributed by atoms with Crippen LogP contribution in [0.4, 0.5) is 11.6 Å². The second-order valence-corrected chi connectivity index (χ2v) is 5.25. The summed E-state index contributed by atoms with van der Waals surface area (Å²) in [5, 5.41) is 13.1. The van der Waals surface area contributed by atoms with E-state index in [9.17, 15) is 5.11 Å². The normalized spacial score (nSPS) is 23.1. The number of aliphatic hydroxyl groups excluding tert-OH is 1. The molecule has 1 aromatic rings. The fourth-order valence-corrected chi connectivity index (χ4v) is 2.55. The molecular weight excluding hydrogens is 242 g/mol. The van der Waals surface area contributed by atoms with E-state index in [0.717, 1.165) is 31.1 Å². The molecular formula is C13H23N5O. The van der Waals surface area contributed by atoms with Gasteiger partial charge >= 0.3 is 0 Å². The maximum absolute atomic E-state index is 9.90. The van der Waals surface area contributed by atoms with E-state index in [-0.39, 0.29) is 6.10 Å². The van der Waals surface area contributed by atoms with E-state index < -0.39 is 0 Å². The lowest BCUT2D eigenvalue weighted by atomic mass is 10.2. The highest BCUT2D eigenvalue weighted by molar-refractivity contribution is 5.50. The van der Waals surface area contributed by atoms with Gasteiger partial charge in [0.1, 0.15) is 18.0 Å². The van der Waals surface area contributed by atoms with Gasteiger partial charge in [-0.15, -0.1) is 0 Å². The molecule has 2 heterocycles. The van der Waals surface area contributed by atoms with Crippen LogP contribution in [0.3, 0.4) is 0 Å². The zero-order chi connectivity index (χ0) is 13.8. The topological polar surface area (TPSA) is 64.5 Å². The van der Waals surface area contributed by atoms with Crippen LogP contribution in [0.2, 0.25) is 0 Å². The van der Waals surface area contributed by atoms with Crippen molar-refractivity contribution in [3.8, 4) is 0 Å². The summed E-state index contributed by atoms with van der Waals surface area (Å²) >= 11 is 0. The maximum Gasteiger partial charge on any atom is 0.134 e. The van der Waals surface area contributed by atoms with Crippen LogP contribution < -0.4 is 10.2 Å². The van der Waals surface area contributed by atoms with E-state index in [0.29, 0.717) is 12.6 Å². The van der Waals surface area contributed by atoms with Crippen molar-refractivity contribution >= 4 is 11.6 Å². The lowest BCUT2D eigenvalue weighted by Gasteiger charge is -2.27. The van der Waals surface area contributed by atoms with Gasteiger partial charge in [-0.2, -0.15) is 0 Å². The number of nitrogens with one attached hydrogen (secondary N) is 1. The van der Waals surface area contributed by atoms with Gasteiger partial charge in [0.05, 0.1) is 6.10 Å². The van der Waals surface area contributed by atoms with Crippen LogP contribution in [0.1, 0.15) is 13.3 Å². The van der Waals surface area contributed by atoms with Crippen LogP contribution >= 0.6 is 0 Å². The van der Waals surface area contributed by atoms with Gasteiger partial charge in [0.2, 0.25) is 0 Å². The van der Waals surface area contributed by atoms with Gasteiger partial charge in [-0.25, -0.2) is 9.97 Å². The Kier molecular flexibility index (Phi) is 4.55. The van der Waals surface area contributed by atoms with E-state index in [1.54, 1.807) is 6.33 Å². The molecule has 0 radical (unpaired) electrons. The lowest BCUT2D eigenvalue weighted by molar-refractivity contribution is 0.191. The summed E-state index contributed by atoms with van der Waals surface area (Å²) in [5.41, 5.74) is 0. The Bertz CT molecular complexity index is 412. The van der Waals surface area contributed by atoms with Crippen LogP contribution in [0.5, 0.6) is 0 Å². The molecule has 0 spiro atoms. The molecule has 2 rings (SSSR count). The average molecular weight is 265 g/mol. The third kappa shape index (κ3) is 3.54. The molecule has 2 unspecified atom stereocenters. The zero-order valence-electron chi connectivity index (χ0n) is 11.9. The van der Waals surface area contributed by atoms with Crippen LogP contribution in [0.25, 0.3) is 0 Å². The predicted octanol–water partition coefficient (Wildman–Crippen LogP) is 0.410. The summed E-state index contributed by atoms with van der Waals surface area (Å²) in [6, 6.07) is 2.25. The number of aliphatic hydroxyl groups is 1. The molecule has 0 saturated carbocycles. The second kappa shape index (κ2) is 6.16. The van der Waals surface area contributed by atoms with Crippen LogP contribution in [0, 0.1) is 0 Å². The number of aromatic nitrogens is 2. The quantitative estimate of drug-likeness (QED) is 0.804. The van der Waals surface area contributed by atoms with Crippen LogP contribution in [-0.2, 0) is 0 Å². The molecule has 19 heavy (non-hydrogen) atoms. The molecule has 106 valence electrons. The van der Waals surface area contributed by atoms with Gasteiger partial charge < -0.3 is 20.2 Å². The summed E-state index contributed by atoms with van der Waals surface area (Å²) in [4.78, 5) is 12.8. The van der Waals surface area contributed by atoms with E-state index in [1.807, 2.05) is 27.1 Å². The Hall–Kier alpha value is -1.40. The van der Waals surface area contributed by atoms with Crippen LogP contribution in [0.15, 0.2) is 12.4 Å². The molecule has 0 amide bonds. The molecule has 1 aromatic heterocycles. The van der Waals surface area contributed by atoms with E-state index in [1.165, 1.54) is 0 Å². The molecule has 0 aliphatic carbocycles. The lowest BCUT2D eigenvalue weighted by Crippen LogP contribution is -2.38. The van der Waals surface area contributed by atoms with Crippen molar-refractivity contribution in [3.05, 3.63) is 12.4 Å². The Labute approximate surface area is 114 Å². The van der Waals surface area contributed by atoms with Gasteiger partial charge in [-0.1, -0.05) is 0 Å². The Morgan fingerprint density at radius 3 is 2.95 bits per heavy atom. The number of rotatable bonds is 5. The standard InChI is InChI=1S/C13H23N5O/c1-4-14-12-6-13(16-9-15-12)18-8-11(19)5-10(18)7-17(2)3/h6,9-11,19H,4-5,7-8H2,1-3H3,(H,14,15,16). The fourth-order valence-electron chi connectivity index (χ4n) is 2.55. The molecule has 0 aromatic carbocycles. The van der Waals surface area contributed by atoms with Crippen molar-refractivity contribution in [1.82, 2.24) is 14.9 Å². The van der Waals surface area contributed by atoms with Crippen molar-refractivity contribution in [2.45, 2.75) is 25.5 Å². The average Bonchev–Trinajstić information content (AvgIpc) is 2.70. The van der Waals surface area contributed by atoms with Crippen molar-refractivity contribution in [2.75, 3.05) is 43.9 Å². The Morgan fingerprint density at radius 2 is 2.26 bits per heavy atom. The molecule has 6 heteroatoms. The molecule has 2 N–H and O–H groups in total. The molecule has 1 aliphatic rings. The molecule has 2 atom stereocenters.